The van der Waals surface area contributed by atoms with Crippen LogP contribution in [0.15, 0.2) is 18.2 Å². The molecule has 0 aliphatic rings. The standard InChI is InChI=1S/C13H18Cl2N2O/c1-9(4-2-3-7-16)17-13(18)10-5-6-11(14)12(15)8-10/h5-6,8-9H,2-4,7,16H2,1H3,(H,17,18)/t9-/m0/s1. The minimum atomic E-state index is -0.131. The number of nitrogens with two attached hydrogens (primary N) is 1. The molecule has 0 aliphatic carbocycles. The first-order valence-electron chi connectivity index (χ1n) is 6.00. The number of amides is 1. The van der Waals surface area contributed by atoms with E-state index >= 15 is 0 Å². The highest BCUT2D eigenvalue weighted by atomic mass is 35.5. The van der Waals surface area contributed by atoms with Gasteiger partial charge in [0.05, 0.1) is 10.0 Å². The van der Waals surface area contributed by atoms with E-state index in [9.17, 15) is 4.79 Å². The normalized spacial score (nSPS) is 12.2. The van der Waals surface area contributed by atoms with Crippen LogP contribution in [0.5, 0.6) is 0 Å². The minimum Gasteiger partial charge on any atom is -0.350 e. The highest BCUT2D eigenvalue weighted by Gasteiger charge is 2.10. The summed E-state index contributed by atoms with van der Waals surface area (Å²) in [6, 6.07) is 4.98. The monoisotopic (exact) mass is 288 g/mol. The first-order valence-corrected chi connectivity index (χ1v) is 6.76. The van der Waals surface area contributed by atoms with Crippen molar-refractivity contribution in [3.8, 4) is 0 Å². The number of carbonyl (C=O) groups is 1. The largest absolute Gasteiger partial charge is 0.350 e. The fourth-order valence-electron chi connectivity index (χ4n) is 1.61. The Hall–Kier alpha value is -0.770. The molecule has 0 saturated heterocycles. The molecule has 0 aromatic heterocycles. The summed E-state index contributed by atoms with van der Waals surface area (Å²) in [5, 5.41) is 3.76. The van der Waals surface area contributed by atoms with Crippen LogP contribution in [0.2, 0.25) is 10.0 Å². The Morgan fingerprint density at radius 3 is 2.67 bits per heavy atom. The van der Waals surface area contributed by atoms with Crippen LogP contribution in [0.4, 0.5) is 0 Å². The maximum absolute atomic E-state index is 11.9. The van der Waals surface area contributed by atoms with Crippen molar-refractivity contribution in [2.45, 2.75) is 32.2 Å². The van der Waals surface area contributed by atoms with Crippen LogP contribution < -0.4 is 11.1 Å². The molecule has 1 rings (SSSR count). The van der Waals surface area contributed by atoms with Gasteiger partial charge in [-0.1, -0.05) is 29.6 Å². The molecule has 0 heterocycles. The molecule has 0 bridgehead atoms. The van der Waals surface area contributed by atoms with Gasteiger partial charge in [0.1, 0.15) is 0 Å². The summed E-state index contributed by atoms with van der Waals surface area (Å²) >= 11 is 11.7. The minimum absolute atomic E-state index is 0.124. The number of hydrogen-bond donors (Lipinski definition) is 2. The molecule has 1 aromatic rings. The number of benzene rings is 1. The number of rotatable bonds is 6. The quantitative estimate of drug-likeness (QED) is 0.790. The first-order chi connectivity index (χ1) is 8.54. The second-order valence-corrected chi connectivity index (χ2v) is 5.10. The maximum Gasteiger partial charge on any atom is 0.251 e. The van der Waals surface area contributed by atoms with Gasteiger partial charge in [0.2, 0.25) is 0 Å². The Labute approximate surface area is 118 Å². The van der Waals surface area contributed by atoms with Crippen molar-refractivity contribution in [3.05, 3.63) is 33.8 Å². The van der Waals surface area contributed by atoms with Crippen LogP contribution in [-0.2, 0) is 0 Å². The average Bonchev–Trinajstić information content (AvgIpc) is 2.33. The number of nitrogens with one attached hydrogen (secondary N) is 1. The molecular weight excluding hydrogens is 271 g/mol. The molecule has 100 valence electrons. The van der Waals surface area contributed by atoms with Crippen molar-refractivity contribution in [3.63, 3.8) is 0 Å². The Kier molecular flexibility index (Phi) is 6.47. The third-order valence-electron chi connectivity index (χ3n) is 2.65. The third-order valence-corrected chi connectivity index (χ3v) is 3.39. The maximum atomic E-state index is 11.9. The van der Waals surface area contributed by atoms with E-state index in [0.717, 1.165) is 19.3 Å². The van der Waals surface area contributed by atoms with Gasteiger partial charge in [0.25, 0.3) is 5.91 Å². The Balaban J connectivity index is 2.51. The lowest BCUT2D eigenvalue weighted by Gasteiger charge is -2.13. The molecular formula is C13H18Cl2N2O. The Morgan fingerprint density at radius 2 is 2.06 bits per heavy atom. The van der Waals surface area contributed by atoms with Crippen molar-refractivity contribution >= 4 is 29.1 Å². The van der Waals surface area contributed by atoms with Gasteiger partial charge in [-0.3, -0.25) is 4.79 Å². The van der Waals surface area contributed by atoms with Crippen LogP contribution >= 0.6 is 23.2 Å². The van der Waals surface area contributed by atoms with Gasteiger partial charge in [-0.25, -0.2) is 0 Å². The number of unbranched alkanes of at least 4 members (excludes halogenated alkanes) is 1. The van der Waals surface area contributed by atoms with Crippen molar-refractivity contribution < 1.29 is 4.79 Å². The van der Waals surface area contributed by atoms with E-state index in [2.05, 4.69) is 5.32 Å². The van der Waals surface area contributed by atoms with Crippen molar-refractivity contribution in [1.82, 2.24) is 5.32 Å². The van der Waals surface area contributed by atoms with E-state index < -0.39 is 0 Å². The van der Waals surface area contributed by atoms with Gasteiger partial charge in [0.15, 0.2) is 0 Å². The van der Waals surface area contributed by atoms with E-state index in [4.69, 9.17) is 28.9 Å². The summed E-state index contributed by atoms with van der Waals surface area (Å²) in [6.07, 6.45) is 2.91. The molecule has 0 spiro atoms. The van der Waals surface area contributed by atoms with Gasteiger partial charge in [-0.15, -0.1) is 0 Å². The van der Waals surface area contributed by atoms with Crippen molar-refractivity contribution in [2.75, 3.05) is 6.54 Å². The highest BCUT2D eigenvalue weighted by Crippen LogP contribution is 2.22. The molecule has 1 atom stereocenters. The van der Waals surface area contributed by atoms with Crippen LogP contribution in [0.3, 0.4) is 0 Å². The van der Waals surface area contributed by atoms with E-state index in [1.165, 1.54) is 0 Å². The fourth-order valence-corrected chi connectivity index (χ4v) is 1.91. The van der Waals surface area contributed by atoms with E-state index in [0.29, 0.717) is 22.2 Å². The van der Waals surface area contributed by atoms with Gasteiger partial charge < -0.3 is 11.1 Å². The van der Waals surface area contributed by atoms with Crippen LogP contribution in [0, 0.1) is 0 Å². The lowest BCUT2D eigenvalue weighted by molar-refractivity contribution is 0.0938. The molecule has 3 nitrogen and oxygen atoms in total. The SMILES string of the molecule is C[C@@H](CCCCN)NC(=O)c1ccc(Cl)c(Cl)c1. The molecule has 1 aromatic carbocycles. The van der Waals surface area contributed by atoms with Gasteiger partial charge in [0, 0.05) is 11.6 Å². The number of carbonyl (C=O) groups excluding carboxylic acids is 1. The summed E-state index contributed by atoms with van der Waals surface area (Å²) < 4.78 is 0. The van der Waals surface area contributed by atoms with E-state index in [1.54, 1.807) is 18.2 Å². The second kappa shape index (κ2) is 7.62. The zero-order chi connectivity index (χ0) is 13.5. The zero-order valence-electron chi connectivity index (χ0n) is 10.4. The average molecular weight is 289 g/mol. The van der Waals surface area contributed by atoms with Gasteiger partial charge in [-0.2, -0.15) is 0 Å². The molecule has 18 heavy (non-hydrogen) atoms. The molecule has 0 unspecified atom stereocenters. The summed E-state index contributed by atoms with van der Waals surface area (Å²) in [4.78, 5) is 11.9. The lowest BCUT2D eigenvalue weighted by atomic mass is 10.1. The van der Waals surface area contributed by atoms with Gasteiger partial charge >= 0.3 is 0 Å². The summed E-state index contributed by atoms with van der Waals surface area (Å²) in [5.41, 5.74) is 5.95. The molecule has 5 heteroatoms. The first kappa shape index (κ1) is 15.3. The van der Waals surface area contributed by atoms with E-state index in [1.807, 2.05) is 6.92 Å². The van der Waals surface area contributed by atoms with Crippen molar-refractivity contribution in [1.29, 1.82) is 0 Å². The lowest BCUT2D eigenvalue weighted by Crippen LogP contribution is -2.32. The summed E-state index contributed by atoms with van der Waals surface area (Å²) in [5.74, 6) is -0.131. The van der Waals surface area contributed by atoms with E-state index in [-0.39, 0.29) is 11.9 Å². The molecule has 0 radical (unpaired) electrons. The Bertz CT molecular complexity index is 410. The third kappa shape index (κ3) is 4.84. The fraction of sp³-hybridized carbons (Fsp3) is 0.462. The second-order valence-electron chi connectivity index (χ2n) is 4.29. The highest BCUT2D eigenvalue weighted by molar-refractivity contribution is 6.42. The van der Waals surface area contributed by atoms with Crippen LogP contribution in [0.1, 0.15) is 36.5 Å². The van der Waals surface area contributed by atoms with Gasteiger partial charge in [-0.05, 0) is 44.5 Å². The predicted molar refractivity (Wildman–Crippen MR) is 76.3 cm³/mol. The number of halogens is 2. The van der Waals surface area contributed by atoms with Crippen molar-refractivity contribution in [2.24, 2.45) is 5.73 Å². The topological polar surface area (TPSA) is 55.1 Å². The number of hydrogen-bond acceptors (Lipinski definition) is 2. The zero-order valence-corrected chi connectivity index (χ0v) is 11.9. The molecule has 3 N–H and O–H groups in total. The van der Waals surface area contributed by atoms with Crippen LogP contribution in [0.25, 0.3) is 0 Å². The molecule has 0 aliphatic heterocycles. The molecule has 0 saturated carbocycles. The Morgan fingerprint density at radius 1 is 1.33 bits per heavy atom. The summed E-state index contributed by atoms with van der Waals surface area (Å²) in [6.45, 7) is 2.67. The molecule has 0 fully saturated rings. The smallest absolute Gasteiger partial charge is 0.251 e. The molecule has 1 amide bonds. The predicted octanol–water partition coefficient (Wildman–Crippen LogP) is 3.24. The van der Waals surface area contributed by atoms with Crippen LogP contribution in [-0.4, -0.2) is 18.5 Å². The summed E-state index contributed by atoms with van der Waals surface area (Å²) in [7, 11) is 0.